The Bertz CT molecular complexity index is 223. The van der Waals surface area contributed by atoms with Crippen LogP contribution in [0.3, 0.4) is 0 Å². The fraction of sp³-hybridized carbons (Fsp3) is 1.00. The lowest BCUT2D eigenvalue weighted by Crippen LogP contribution is -2.65. The molecule has 0 aromatic carbocycles. The molecule has 0 spiro atoms. The molecule has 0 aromatic rings. The van der Waals surface area contributed by atoms with Gasteiger partial charge in [0.1, 0.15) is 0 Å². The second-order valence-electron chi connectivity index (χ2n) is 5.86. The van der Waals surface area contributed by atoms with Crippen LogP contribution in [0.1, 0.15) is 26.7 Å². The first-order valence-electron chi connectivity index (χ1n) is 6.16. The third-order valence-corrected chi connectivity index (χ3v) is 3.65. The van der Waals surface area contributed by atoms with Crippen LogP contribution in [0.2, 0.25) is 0 Å². The van der Waals surface area contributed by atoms with E-state index in [1.54, 1.807) is 0 Å². The Balaban J connectivity index is 2.11. The van der Waals surface area contributed by atoms with Gasteiger partial charge in [-0.15, -0.1) is 0 Å². The van der Waals surface area contributed by atoms with Crippen molar-refractivity contribution in [1.82, 2.24) is 15.1 Å². The molecule has 1 N–H and O–H groups in total. The molecule has 0 bridgehead atoms. The van der Waals surface area contributed by atoms with Gasteiger partial charge in [0.2, 0.25) is 0 Å². The van der Waals surface area contributed by atoms with E-state index in [9.17, 15) is 0 Å². The Morgan fingerprint density at radius 2 is 2.00 bits per heavy atom. The highest BCUT2D eigenvalue weighted by molar-refractivity contribution is 5.02. The Morgan fingerprint density at radius 1 is 1.33 bits per heavy atom. The van der Waals surface area contributed by atoms with E-state index in [1.165, 1.54) is 25.9 Å². The summed E-state index contributed by atoms with van der Waals surface area (Å²) in [5.74, 6) is 0. The molecule has 0 radical (unpaired) electrons. The van der Waals surface area contributed by atoms with Gasteiger partial charge in [0, 0.05) is 37.3 Å². The highest BCUT2D eigenvalue weighted by Crippen LogP contribution is 2.37. The minimum absolute atomic E-state index is 0.343. The second-order valence-corrected chi connectivity index (χ2v) is 5.86. The molecular weight excluding hydrogens is 186 g/mol. The monoisotopic (exact) mass is 211 g/mol. The maximum atomic E-state index is 3.34. The summed E-state index contributed by atoms with van der Waals surface area (Å²) in [6, 6.07) is 1.56. The zero-order valence-electron chi connectivity index (χ0n) is 10.6. The van der Waals surface area contributed by atoms with Crippen molar-refractivity contribution < 1.29 is 0 Å². The molecule has 3 heteroatoms. The van der Waals surface area contributed by atoms with Crippen molar-refractivity contribution in [2.45, 2.75) is 44.3 Å². The highest BCUT2D eigenvalue weighted by atomic mass is 15.4. The van der Waals surface area contributed by atoms with Crippen LogP contribution in [-0.4, -0.2) is 61.2 Å². The maximum Gasteiger partial charge on any atom is 0.0356 e. The van der Waals surface area contributed by atoms with E-state index in [1.807, 2.05) is 0 Å². The lowest BCUT2D eigenvalue weighted by molar-refractivity contribution is -0.0211. The van der Waals surface area contributed by atoms with Crippen LogP contribution in [0.5, 0.6) is 0 Å². The van der Waals surface area contributed by atoms with Crippen LogP contribution in [0.25, 0.3) is 0 Å². The van der Waals surface area contributed by atoms with E-state index >= 15 is 0 Å². The van der Waals surface area contributed by atoms with Crippen molar-refractivity contribution in [2.75, 3.05) is 33.7 Å². The van der Waals surface area contributed by atoms with Crippen molar-refractivity contribution in [1.29, 1.82) is 0 Å². The lowest BCUT2D eigenvalue weighted by Gasteiger charge is -2.51. The van der Waals surface area contributed by atoms with E-state index in [4.69, 9.17) is 0 Å². The molecule has 0 amide bonds. The third kappa shape index (κ3) is 2.35. The molecule has 1 aliphatic heterocycles. The Hall–Kier alpha value is -0.120. The summed E-state index contributed by atoms with van der Waals surface area (Å²) in [6.07, 6.45) is 2.82. The average molecular weight is 211 g/mol. The second kappa shape index (κ2) is 4.04. The fourth-order valence-electron chi connectivity index (χ4n) is 3.29. The predicted octanol–water partition coefficient (Wildman–Crippen LogP) is 0.763. The largest absolute Gasteiger partial charge is 0.318 e. The molecular formula is C12H25N3. The van der Waals surface area contributed by atoms with E-state index < -0.39 is 0 Å². The van der Waals surface area contributed by atoms with Crippen LogP contribution in [0.4, 0.5) is 0 Å². The van der Waals surface area contributed by atoms with Gasteiger partial charge >= 0.3 is 0 Å². The average Bonchev–Trinajstić information content (AvgIpc) is 2.85. The van der Waals surface area contributed by atoms with Crippen LogP contribution in [0, 0.1) is 0 Å². The molecule has 2 fully saturated rings. The van der Waals surface area contributed by atoms with E-state index in [0.29, 0.717) is 11.6 Å². The Kier molecular flexibility index (Phi) is 3.06. The van der Waals surface area contributed by atoms with Crippen molar-refractivity contribution >= 4 is 0 Å². The first-order chi connectivity index (χ1) is 7.04. The summed E-state index contributed by atoms with van der Waals surface area (Å²) in [6.45, 7) is 8.31. The molecule has 1 atom stereocenters. The topological polar surface area (TPSA) is 18.5 Å². The smallest absolute Gasteiger partial charge is 0.0356 e. The highest BCUT2D eigenvalue weighted by Gasteiger charge is 2.45. The van der Waals surface area contributed by atoms with Gasteiger partial charge < -0.3 is 10.2 Å². The molecule has 0 aromatic heterocycles. The van der Waals surface area contributed by atoms with Crippen molar-refractivity contribution in [3.63, 3.8) is 0 Å². The van der Waals surface area contributed by atoms with Gasteiger partial charge in [-0.05, 0) is 40.8 Å². The van der Waals surface area contributed by atoms with Gasteiger partial charge in [-0.2, -0.15) is 0 Å². The van der Waals surface area contributed by atoms with Gasteiger partial charge in [0.05, 0.1) is 0 Å². The van der Waals surface area contributed by atoms with Gasteiger partial charge in [0.25, 0.3) is 0 Å². The van der Waals surface area contributed by atoms with Crippen LogP contribution in [-0.2, 0) is 0 Å². The summed E-state index contributed by atoms with van der Waals surface area (Å²) in [4.78, 5) is 5.24. The molecule has 88 valence electrons. The maximum absolute atomic E-state index is 3.34. The zero-order chi connectivity index (χ0) is 11.1. The quantitative estimate of drug-likeness (QED) is 0.743. The van der Waals surface area contributed by atoms with Gasteiger partial charge in [-0.3, -0.25) is 4.90 Å². The van der Waals surface area contributed by atoms with Crippen LogP contribution in [0.15, 0.2) is 0 Å². The predicted molar refractivity (Wildman–Crippen MR) is 64.2 cm³/mol. The standard InChI is InChI=1S/C12H25N3/c1-12(2)9-14(4)8-11(7-13-3)15(12)10-5-6-10/h10-11,13H,5-9H2,1-4H3. The molecule has 15 heavy (non-hydrogen) atoms. The molecule has 1 aliphatic carbocycles. The number of hydrogen-bond acceptors (Lipinski definition) is 3. The molecule has 3 nitrogen and oxygen atoms in total. The van der Waals surface area contributed by atoms with Gasteiger partial charge in [-0.1, -0.05) is 0 Å². The molecule has 1 unspecified atom stereocenters. The van der Waals surface area contributed by atoms with Gasteiger partial charge in [-0.25, -0.2) is 0 Å². The molecule has 1 heterocycles. The number of hydrogen-bond donors (Lipinski definition) is 1. The molecule has 2 rings (SSSR count). The summed E-state index contributed by atoms with van der Waals surface area (Å²) < 4.78 is 0. The number of nitrogens with one attached hydrogen (secondary N) is 1. The normalized spacial score (nSPS) is 33.2. The van der Waals surface area contributed by atoms with Gasteiger partial charge in [0.15, 0.2) is 0 Å². The van der Waals surface area contributed by atoms with E-state index in [-0.39, 0.29) is 0 Å². The summed E-state index contributed by atoms with van der Waals surface area (Å²) in [7, 11) is 4.31. The lowest BCUT2D eigenvalue weighted by atomic mass is 9.94. The molecule has 2 aliphatic rings. The van der Waals surface area contributed by atoms with E-state index in [0.717, 1.165) is 12.6 Å². The Morgan fingerprint density at radius 3 is 2.53 bits per heavy atom. The first kappa shape index (κ1) is 11.4. The number of piperazine rings is 1. The third-order valence-electron chi connectivity index (χ3n) is 3.65. The Labute approximate surface area is 93.8 Å². The van der Waals surface area contributed by atoms with Crippen LogP contribution < -0.4 is 5.32 Å². The zero-order valence-corrected chi connectivity index (χ0v) is 10.6. The minimum atomic E-state index is 0.343. The van der Waals surface area contributed by atoms with Crippen LogP contribution >= 0.6 is 0 Å². The summed E-state index contributed by atoms with van der Waals surface area (Å²) >= 11 is 0. The summed E-state index contributed by atoms with van der Waals surface area (Å²) in [5, 5.41) is 3.34. The van der Waals surface area contributed by atoms with Crippen molar-refractivity contribution in [2.24, 2.45) is 0 Å². The molecule has 1 saturated heterocycles. The molecule has 1 saturated carbocycles. The number of nitrogens with zero attached hydrogens (tertiary/aromatic N) is 2. The SMILES string of the molecule is CNCC1CN(C)CC(C)(C)N1C1CC1. The number of likely N-dealkylation sites (N-methyl/N-ethyl adjacent to an activating group) is 2. The number of rotatable bonds is 3. The van der Waals surface area contributed by atoms with E-state index in [2.05, 4.69) is 43.1 Å². The summed E-state index contributed by atoms with van der Waals surface area (Å²) in [5.41, 5.74) is 0.343. The first-order valence-corrected chi connectivity index (χ1v) is 6.16. The minimum Gasteiger partial charge on any atom is -0.318 e. The van der Waals surface area contributed by atoms with Crippen molar-refractivity contribution in [3.05, 3.63) is 0 Å². The van der Waals surface area contributed by atoms with Crippen molar-refractivity contribution in [3.8, 4) is 0 Å². The fourth-order valence-corrected chi connectivity index (χ4v) is 3.29.